The lowest BCUT2D eigenvalue weighted by molar-refractivity contribution is -0.130. The van der Waals surface area contributed by atoms with Gasteiger partial charge in [-0.2, -0.15) is 0 Å². The molecule has 1 aliphatic heterocycles. The molecule has 2 aromatic carbocycles. The summed E-state index contributed by atoms with van der Waals surface area (Å²) in [4.78, 5) is 32.9. The Morgan fingerprint density at radius 3 is 2.57 bits per heavy atom. The van der Waals surface area contributed by atoms with Gasteiger partial charge in [0.05, 0.1) is 21.7 Å². The van der Waals surface area contributed by atoms with Crippen molar-refractivity contribution in [2.45, 2.75) is 18.7 Å². The van der Waals surface area contributed by atoms with E-state index >= 15 is 0 Å². The monoisotopic (exact) mass is 512 g/mol. The number of para-hydroxylation sites is 1. The SMILES string of the molecule is Cc1cc2oc(=O)cc(C)c2cc1S(=O)(=O)NCC(=O)N1CCN(c2nc3ccccc3s2)CC1. The van der Waals surface area contributed by atoms with Gasteiger partial charge in [0, 0.05) is 37.6 Å². The number of aryl methyl sites for hydroxylation is 2. The summed E-state index contributed by atoms with van der Waals surface area (Å²) in [7, 11) is -3.95. The molecule has 0 atom stereocenters. The molecule has 0 unspecified atom stereocenters. The summed E-state index contributed by atoms with van der Waals surface area (Å²) in [6, 6.07) is 12.3. The van der Waals surface area contributed by atoms with Crippen molar-refractivity contribution in [3.63, 3.8) is 0 Å². The van der Waals surface area contributed by atoms with Crippen molar-refractivity contribution < 1.29 is 17.6 Å². The third-order valence-corrected chi connectivity index (χ3v) is 8.78. The van der Waals surface area contributed by atoms with E-state index in [4.69, 9.17) is 4.42 Å². The van der Waals surface area contributed by atoms with Gasteiger partial charge in [-0.3, -0.25) is 4.79 Å². The van der Waals surface area contributed by atoms with Gasteiger partial charge in [0.25, 0.3) is 0 Å². The van der Waals surface area contributed by atoms with Crippen LogP contribution in [0.25, 0.3) is 21.2 Å². The topological polar surface area (TPSA) is 113 Å². The first kappa shape index (κ1) is 23.5. The van der Waals surface area contributed by atoms with Crippen molar-refractivity contribution in [3.8, 4) is 0 Å². The van der Waals surface area contributed by atoms with Gasteiger partial charge in [0.2, 0.25) is 15.9 Å². The van der Waals surface area contributed by atoms with E-state index in [1.807, 2.05) is 24.3 Å². The van der Waals surface area contributed by atoms with Crippen LogP contribution in [0.4, 0.5) is 5.13 Å². The van der Waals surface area contributed by atoms with Crippen LogP contribution in [0.2, 0.25) is 0 Å². The first-order valence-corrected chi connectivity index (χ1v) is 13.4. The molecule has 3 heterocycles. The Bertz CT molecular complexity index is 1570. The predicted octanol–water partition coefficient (Wildman–Crippen LogP) is 2.65. The highest BCUT2D eigenvalue weighted by Crippen LogP contribution is 2.29. The summed E-state index contributed by atoms with van der Waals surface area (Å²) < 4.78 is 34.7. The van der Waals surface area contributed by atoms with E-state index in [0.717, 1.165) is 15.3 Å². The van der Waals surface area contributed by atoms with Crippen molar-refractivity contribution in [2.75, 3.05) is 37.6 Å². The van der Waals surface area contributed by atoms with Crippen molar-refractivity contribution in [1.82, 2.24) is 14.6 Å². The van der Waals surface area contributed by atoms with Gasteiger partial charge in [-0.15, -0.1) is 0 Å². The minimum Gasteiger partial charge on any atom is -0.423 e. The molecule has 0 bridgehead atoms. The lowest BCUT2D eigenvalue weighted by atomic mass is 10.1. The summed E-state index contributed by atoms with van der Waals surface area (Å²) in [6.45, 7) is 5.26. The van der Waals surface area contributed by atoms with Gasteiger partial charge in [0.15, 0.2) is 5.13 Å². The Morgan fingerprint density at radius 1 is 1.09 bits per heavy atom. The predicted molar refractivity (Wildman–Crippen MR) is 136 cm³/mol. The number of thiazole rings is 1. The molecule has 1 N–H and O–H groups in total. The van der Waals surface area contributed by atoms with Gasteiger partial charge in [-0.05, 0) is 49.2 Å². The number of amides is 1. The number of nitrogens with zero attached hydrogens (tertiary/aromatic N) is 3. The second-order valence-corrected chi connectivity index (χ2v) is 11.3. The molecule has 0 spiro atoms. The average molecular weight is 513 g/mol. The summed E-state index contributed by atoms with van der Waals surface area (Å²) in [6.07, 6.45) is 0. The molecule has 1 fully saturated rings. The highest BCUT2D eigenvalue weighted by molar-refractivity contribution is 7.89. The lowest BCUT2D eigenvalue weighted by Gasteiger charge is -2.34. The van der Waals surface area contributed by atoms with E-state index in [-0.39, 0.29) is 17.3 Å². The van der Waals surface area contributed by atoms with E-state index in [1.54, 1.807) is 30.1 Å². The molecule has 1 amide bonds. The fraction of sp³-hybridized carbons (Fsp3) is 0.292. The van der Waals surface area contributed by atoms with E-state index in [2.05, 4.69) is 14.6 Å². The zero-order valence-corrected chi connectivity index (χ0v) is 20.9. The molecule has 2 aromatic heterocycles. The normalized spacial score (nSPS) is 14.7. The number of sulfonamides is 1. The number of anilines is 1. The van der Waals surface area contributed by atoms with Crippen LogP contribution in [-0.4, -0.2) is 56.9 Å². The van der Waals surface area contributed by atoms with Crippen LogP contribution in [0.1, 0.15) is 11.1 Å². The maximum absolute atomic E-state index is 13.0. The Balaban J connectivity index is 1.24. The maximum Gasteiger partial charge on any atom is 0.336 e. The molecule has 0 saturated carbocycles. The van der Waals surface area contributed by atoms with Crippen molar-refractivity contribution in [1.29, 1.82) is 0 Å². The van der Waals surface area contributed by atoms with Gasteiger partial charge in [-0.1, -0.05) is 23.5 Å². The minimum absolute atomic E-state index is 0.0513. The average Bonchev–Trinajstić information content (AvgIpc) is 3.26. The summed E-state index contributed by atoms with van der Waals surface area (Å²) in [5, 5.41) is 1.46. The number of carbonyl (C=O) groups is 1. The number of piperazine rings is 1. The highest BCUT2D eigenvalue weighted by atomic mass is 32.2. The van der Waals surface area contributed by atoms with E-state index in [0.29, 0.717) is 48.3 Å². The molecule has 182 valence electrons. The van der Waals surface area contributed by atoms with Crippen LogP contribution in [-0.2, 0) is 14.8 Å². The summed E-state index contributed by atoms with van der Waals surface area (Å²) in [5.74, 6) is -0.279. The number of carbonyl (C=O) groups excluding carboxylic acids is 1. The third-order valence-electron chi connectivity index (χ3n) is 6.14. The van der Waals surface area contributed by atoms with Crippen LogP contribution in [0, 0.1) is 13.8 Å². The van der Waals surface area contributed by atoms with Crippen molar-refractivity contribution in [3.05, 3.63) is 64.0 Å². The molecule has 11 heteroatoms. The lowest BCUT2D eigenvalue weighted by Crippen LogP contribution is -2.51. The zero-order chi connectivity index (χ0) is 24.7. The molecular weight excluding hydrogens is 488 g/mol. The van der Waals surface area contributed by atoms with E-state index in [1.165, 1.54) is 18.2 Å². The highest BCUT2D eigenvalue weighted by Gasteiger charge is 2.25. The second-order valence-electron chi connectivity index (χ2n) is 8.52. The first-order valence-electron chi connectivity index (χ1n) is 11.1. The largest absolute Gasteiger partial charge is 0.423 e. The summed E-state index contributed by atoms with van der Waals surface area (Å²) in [5.41, 5.74) is 1.85. The number of aromatic nitrogens is 1. The molecule has 9 nitrogen and oxygen atoms in total. The van der Waals surface area contributed by atoms with Gasteiger partial charge >= 0.3 is 5.63 Å². The fourth-order valence-corrected chi connectivity index (χ4v) is 6.47. The molecule has 5 rings (SSSR count). The quantitative estimate of drug-likeness (QED) is 0.409. The van der Waals surface area contributed by atoms with E-state index < -0.39 is 15.6 Å². The molecule has 35 heavy (non-hydrogen) atoms. The van der Waals surface area contributed by atoms with Crippen LogP contribution in [0.5, 0.6) is 0 Å². The minimum atomic E-state index is -3.95. The number of hydrogen-bond acceptors (Lipinski definition) is 8. The van der Waals surface area contributed by atoms with Crippen LogP contribution < -0.4 is 15.2 Å². The molecule has 1 saturated heterocycles. The summed E-state index contributed by atoms with van der Waals surface area (Å²) >= 11 is 1.62. The standard InChI is InChI=1S/C24H24N4O5S2/c1-15-12-23(30)33-19-11-16(2)21(13-17(15)19)35(31,32)25-14-22(29)27-7-9-28(10-8-27)24-26-18-5-3-4-6-20(18)34-24/h3-6,11-13,25H,7-10,14H2,1-2H3. The first-order chi connectivity index (χ1) is 16.7. The zero-order valence-electron chi connectivity index (χ0n) is 19.3. The molecule has 0 aliphatic carbocycles. The van der Waals surface area contributed by atoms with Gasteiger partial charge < -0.3 is 14.2 Å². The fourth-order valence-electron chi connectivity index (χ4n) is 4.22. The Hall–Kier alpha value is -3.28. The Morgan fingerprint density at radius 2 is 1.83 bits per heavy atom. The number of benzene rings is 2. The maximum atomic E-state index is 13.0. The van der Waals surface area contributed by atoms with Crippen LogP contribution >= 0.6 is 11.3 Å². The third kappa shape index (κ3) is 4.66. The van der Waals surface area contributed by atoms with Gasteiger partial charge in [0.1, 0.15) is 5.58 Å². The molecular formula is C24H24N4O5S2. The smallest absolute Gasteiger partial charge is 0.336 e. The van der Waals surface area contributed by atoms with Gasteiger partial charge in [-0.25, -0.2) is 22.9 Å². The van der Waals surface area contributed by atoms with E-state index in [9.17, 15) is 18.0 Å². The van der Waals surface area contributed by atoms with Crippen molar-refractivity contribution >= 4 is 53.6 Å². The number of hydrogen-bond donors (Lipinski definition) is 1. The molecule has 0 radical (unpaired) electrons. The Labute approximate surface area is 206 Å². The van der Waals surface area contributed by atoms with Crippen LogP contribution in [0.3, 0.4) is 0 Å². The molecule has 1 aliphatic rings. The second kappa shape index (κ2) is 9.06. The number of fused-ring (bicyclic) bond motifs is 2. The van der Waals surface area contributed by atoms with Crippen LogP contribution in [0.15, 0.2) is 56.6 Å². The van der Waals surface area contributed by atoms with Crippen molar-refractivity contribution in [2.24, 2.45) is 0 Å². The number of rotatable bonds is 5. The molecule has 4 aromatic rings. The number of nitrogens with one attached hydrogen (secondary N) is 1. The Kier molecular flexibility index (Phi) is 6.07.